The van der Waals surface area contributed by atoms with E-state index in [1.807, 2.05) is 30.5 Å². The van der Waals surface area contributed by atoms with Gasteiger partial charge in [0.25, 0.3) is 0 Å². The first-order valence-electron chi connectivity index (χ1n) is 7.46. The summed E-state index contributed by atoms with van der Waals surface area (Å²) in [6, 6.07) is 18.7. The van der Waals surface area contributed by atoms with E-state index in [0.717, 1.165) is 33.2 Å². The van der Waals surface area contributed by atoms with Crippen molar-refractivity contribution in [1.29, 1.82) is 0 Å². The molecule has 5 rings (SSSR count). The standard InChI is InChI=1S/C19H12N4/c1-2-4-13-7-14(6-5-12(13)3-1)19-11-20-17-9-16-15(10-21-23-16)8-18(17)22-19/h1-11H,(H,21,23). The molecule has 0 spiro atoms. The highest BCUT2D eigenvalue weighted by Crippen LogP contribution is 2.25. The molecule has 2 aromatic heterocycles. The Labute approximate surface area is 131 Å². The third-order valence-corrected chi connectivity index (χ3v) is 4.15. The van der Waals surface area contributed by atoms with Gasteiger partial charge in [-0.1, -0.05) is 36.4 Å². The van der Waals surface area contributed by atoms with E-state index < -0.39 is 0 Å². The lowest BCUT2D eigenvalue weighted by Crippen LogP contribution is -1.89. The number of hydrogen-bond donors (Lipinski definition) is 1. The lowest BCUT2D eigenvalue weighted by molar-refractivity contribution is 1.12. The number of aromatic amines is 1. The molecule has 1 N–H and O–H groups in total. The minimum absolute atomic E-state index is 0.867. The maximum absolute atomic E-state index is 4.78. The summed E-state index contributed by atoms with van der Waals surface area (Å²) < 4.78 is 0. The summed E-state index contributed by atoms with van der Waals surface area (Å²) in [6.45, 7) is 0. The normalized spacial score (nSPS) is 11.5. The summed E-state index contributed by atoms with van der Waals surface area (Å²) in [6.07, 6.45) is 3.63. The topological polar surface area (TPSA) is 54.5 Å². The van der Waals surface area contributed by atoms with Crippen LogP contribution in [0.1, 0.15) is 0 Å². The number of fused-ring (bicyclic) bond motifs is 3. The summed E-state index contributed by atoms with van der Waals surface area (Å²) in [5.74, 6) is 0. The van der Waals surface area contributed by atoms with Crippen molar-refractivity contribution in [2.75, 3.05) is 0 Å². The van der Waals surface area contributed by atoms with Crippen molar-refractivity contribution in [1.82, 2.24) is 20.2 Å². The second-order valence-corrected chi connectivity index (χ2v) is 5.62. The Hall–Kier alpha value is -3.27. The second-order valence-electron chi connectivity index (χ2n) is 5.62. The monoisotopic (exact) mass is 296 g/mol. The zero-order valence-electron chi connectivity index (χ0n) is 12.2. The maximum atomic E-state index is 4.78. The highest BCUT2D eigenvalue weighted by Gasteiger charge is 2.06. The van der Waals surface area contributed by atoms with Gasteiger partial charge in [-0.15, -0.1) is 0 Å². The number of aromatic nitrogens is 4. The lowest BCUT2D eigenvalue weighted by Gasteiger charge is -2.05. The van der Waals surface area contributed by atoms with Crippen LogP contribution in [0.3, 0.4) is 0 Å². The number of H-pyrrole nitrogens is 1. The molecule has 108 valence electrons. The molecule has 5 aromatic rings. The van der Waals surface area contributed by atoms with Crippen LogP contribution in [0.2, 0.25) is 0 Å². The molecule has 0 aliphatic heterocycles. The van der Waals surface area contributed by atoms with Crippen molar-refractivity contribution in [3.05, 3.63) is 67.0 Å². The van der Waals surface area contributed by atoms with Gasteiger partial charge in [-0.25, -0.2) is 4.98 Å². The third-order valence-electron chi connectivity index (χ3n) is 4.15. The van der Waals surface area contributed by atoms with Crippen LogP contribution in [0.4, 0.5) is 0 Å². The van der Waals surface area contributed by atoms with Crippen molar-refractivity contribution in [3.63, 3.8) is 0 Å². The Balaban J connectivity index is 1.72. The van der Waals surface area contributed by atoms with Crippen LogP contribution in [0, 0.1) is 0 Å². The van der Waals surface area contributed by atoms with Crippen LogP contribution in [0.25, 0.3) is 44.0 Å². The molecule has 0 bridgehead atoms. The number of nitrogens with zero attached hydrogens (tertiary/aromatic N) is 3. The average Bonchev–Trinajstić information content (AvgIpc) is 3.06. The first-order valence-corrected chi connectivity index (χ1v) is 7.46. The summed E-state index contributed by atoms with van der Waals surface area (Å²) >= 11 is 0. The van der Waals surface area contributed by atoms with Crippen molar-refractivity contribution < 1.29 is 0 Å². The van der Waals surface area contributed by atoms with Crippen molar-refractivity contribution in [2.24, 2.45) is 0 Å². The van der Waals surface area contributed by atoms with E-state index in [1.165, 1.54) is 10.8 Å². The average molecular weight is 296 g/mol. The van der Waals surface area contributed by atoms with Crippen LogP contribution in [-0.2, 0) is 0 Å². The molecule has 4 nitrogen and oxygen atoms in total. The van der Waals surface area contributed by atoms with Gasteiger partial charge in [-0.05, 0) is 29.0 Å². The maximum Gasteiger partial charge on any atom is 0.0909 e. The minimum Gasteiger partial charge on any atom is -0.278 e. The second kappa shape index (κ2) is 4.61. The van der Waals surface area contributed by atoms with E-state index in [-0.39, 0.29) is 0 Å². The van der Waals surface area contributed by atoms with Crippen LogP contribution < -0.4 is 0 Å². The van der Waals surface area contributed by atoms with Gasteiger partial charge >= 0.3 is 0 Å². The van der Waals surface area contributed by atoms with Gasteiger partial charge in [-0.2, -0.15) is 5.10 Å². The fourth-order valence-electron chi connectivity index (χ4n) is 2.94. The van der Waals surface area contributed by atoms with Gasteiger partial charge in [0, 0.05) is 10.9 Å². The largest absolute Gasteiger partial charge is 0.278 e. The lowest BCUT2D eigenvalue weighted by atomic mass is 10.1. The first kappa shape index (κ1) is 12.3. The van der Waals surface area contributed by atoms with Crippen LogP contribution in [0.5, 0.6) is 0 Å². The molecule has 0 saturated heterocycles. The predicted molar refractivity (Wildman–Crippen MR) is 92.1 cm³/mol. The molecule has 4 heteroatoms. The first-order chi connectivity index (χ1) is 11.4. The number of nitrogens with one attached hydrogen (secondary N) is 1. The van der Waals surface area contributed by atoms with Crippen LogP contribution >= 0.6 is 0 Å². The Morgan fingerprint density at radius 1 is 0.739 bits per heavy atom. The molecule has 0 saturated carbocycles. The summed E-state index contributed by atoms with van der Waals surface area (Å²) in [4.78, 5) is 9.33. The summed E-state index contributed by atoms with van der Waals surface area (Å²) in [5.41, 5.74) is 4.68. The molecule has 23 heavy (non-hydrogen) atoms. The smallest absolute Gasteiger partial charge is 0.0909 e. The molecule has 0 fully saturated rings. The minimum atomic E-state index is 0.867. The Kier molecular flexibility index (Phi) is 2.46. The highest BCUT2D eigenvalue weighted by atomic mass is 15.1. The van der Waals surface area contributed by atoms with Crippen LogP contribution in [0.15, 0.2) is 67.0 Å². The van der Waals surface area contributed by atoms with Gasteiger partial charge < -0.3 is 0 Å². The van der Waals surface area contributed by atoms with Crippen LogP contribution in [-0.4, -0.2) is 20.2 Å². The van der Waals surface area contributed by atoms with Crippen molar-refractivity contribution in [2.45, 2.75) is 0 Å². The molecular formula is C19H12N4. The fraction of sp³-hybridized carbons (Fsp3) is 0. The number of rotatable bonds is 1. The van der Waals surface area contributed by atoms with Gasteiger partial charge in [0.15, 0.2) is 0 Å². The van der Waals surface area contributed by atoms with E-state index in [4.69, 9.17) is 4.98 Å². The Morgan fingerprint density at radius 2 is 1.65 bits per heavy atom. The predicted octanol–water partition coefficient (Wildman–Crippen LogP) is 4.33. The van der Waals surface area contributed by atoms with Crippen molar-refractivity contribution >= 4 is 32.7 Å². The van der Waals surface area contributed by atoms with E-state index in [1.54, 1.807) is 6.20 Å². The third kappa shape index (κ3) is 1.96. The van der Waals surface area contributed by atoms with Gasteiger partial charge in [0.05, 0.1) is 34.6 Å². The quantitative estimate of drug-likeness (QED) is 0.501. The molecule has 0 amide bonds. The number of benzene rings is 3. The molecular weight excluding hydrogens is 284 g/mol. The van der Waals surface area contributed by atoms with E-state index in [9.17, 15) is 0 Å². The number of hydrogen-bond acceptors (Lipinski definition) is 3. The van der Waals surface area contributed by atoms with Gasteiger partial charge in [0.2, 0.25) is 0 Å². The zero-order valence-corrected chi connectivity index (χ0v) is 12.2. The van der Waals surface area contributed by atoms with E-state index in [0.29, 0.717) is 0 Å². The highest BCUT2D eigenvalue weighted by molar-refractivity contribution is 5.93. The van der Waals surface area contributed by atoms with Gasteiger partial charge in [0.1, 0.15) is 0 Å². The molecule has 0 radical (unpaired) electrons. The van der Waals surface area contributed by atoms with E-state index >= 15 is 0 Å². The molecule has 0 aliphatic rings. The SMILES string of the molecule is c1ccc2cc(-c3cnc4cc5[nH]ncc5cc4n3)ccc2c1. The molecule has 0 unspecified atom stereocenters. The Bertz CT molecular complexity index is 1170. The molecule has 2 heterocycles. The fourth-order valence-corrected chi connectivity index (χ4v) is 2.94. The summed E-state index contributed by atoms with van der Waals surface area (Å²) in [7, 11) is 0. The summed E-state index contributed by atoms with van der Waals surface area (Å²) in [5, 5.41) is 10.5. The van der Waals surface area contributed by atoms with Gasteiger partial charge in [-0.3, -0.25) is 10.1 Å². The Morgan fingerprint density at radius 3 is 2.61 bits per heavy atom. The molecule has 3 aromatic carbocycles. The van der Waals surface area contributed by atoms with E-state index in [2.05, 4.69) is 45.5 Å². The molecule has 0 atom stereocenters. The molecule has 0 aliphatic carbocycles. The van der Waals surface area contributed by atoms with Crippen molar-refractivity contribution in [3.8, 4) is 11.3 Å². The zero-order chi connectivity index (χ0) is 15.2.